The number of aromatic nitrogens is 3. The maximum atomic E-state index is 12.9. The van der Waals surface area contributed by atoms with Gasteiger partial charge >= 0.3 is 0 Å². The predicted octanol–water partition coefficient (Wildman–Crippen LogP) is 7.95. The van der Waals surface area contributed by atoms with Crippen LogP contribution in [0.1, 0.15) is 74.8 Å². The number of hydrogen-bond acceptors (Lipinski definition) is 3. The first-order valence-corrected chi connectivity index (χ1v) is 16.0. The summed E-state index contributed by atoms with van der Waals surface area (Å²) in [5, 5.41) is 0.723. The van der Waals surface area contributed by atoms with Crippen molar-refractivity contribution in [2.45, 2.75) is 90.1 Å². The van der Waals surface area contributed by atoms with Crippen molar-refractivity contribution in [2.75, 3.05) is 18.0 Å². The normalized spacial score (nSPS) is 21.0. The number of nitrogens with one attached hydrogen (secondary N) is 1. The molecule has 6 rings (SSSR count). The Morgan fingerprint density at radius 1 is 1.16 bits per heavy atom. The number of imidazole rings is 1. The zero-order valence-corrected chi connectivity index (χ0v) is 26.3. The quantitative estimate of drug-likeness (QED) is 0.189. The van der Waals surface area contributed by atoms with Crippen LogP contribution in [-0.2, 0) is 18.3 Å². The van der Waals surface area contributed by atoms with E-state index in [1.54, 1.807) is 0 Å². The summed E-state index contributed by atoms with van der Waals surface area (Å²) >= 11 is 6.12. The van der Waals surface area contributed by atoms with Crippen molar-refractivity contribution in [1.82, 2.24) is 15.0 Å². The van der Waals surface area contributed by atoms with Crippen LogP contribution in [-0.4, -0.2) is 57.3 Å². The van der Waals surface area contributed by atoms with E-state index in [-0.39, 0.29) is 23.9 Å². The van der Waals surface area contributed by atoms with Gasteiger partial charge in [-0.25, -0.2) is 18.3 Å². The van der Waals surface area contributed by atoms with Crippen molar-refractivity contribution in [3.05, 3.63) is 81.5 Å². The fourth-order valence-corrected chi connectivity index (χ4v) is 6.89. The summed E-state index contributed by atoms with van der Waals surface area (Å²) in [5.74, 6) is 1.05. The average molecular weight is 605 g/mol. The van der Waals surface area contributed by atoms with Crippen LogP contribution in [0.2, 0.25) is 5.02 Å². The van der Waals surface area contributed by atoms with E-state index in [4.69, 9.17) is 21.6 Å². The number of halogens is 3. The highest BCUT2D eigenvalue weighted by atomic mass is 35.5. The van der Waals surface area contributed by atoms with Crippen LogP contribution in [0, 0.1) is 6.92 Å². The molecule has 2 aromatic heterocycles. The Kier molecular flexibility index (Phi) is 8.29. The zero-order chi connectivity index (χ0) is 30.3. The van der Waals surface area contributed by atoms with Crippen LogP contribution >= 0.6 is 11.6 Å². The van der Waals surface area contributed by atoms with Crippen LogP contribution in [0.25, 0.3) is 17.3 Å². The molecule has 1 aromatic carbocycles. The molecule has 3 aromatic rings. The minimum Gasteiger partial charge on any atom is -0.371 e. The Hall–Kier alpha value is -3.32. The number of rotatable bonds is 10. The molecule has 2 atom stereocenters. The van der Waals surface area contributed by atoms with Crippen molar-refractivity contribution >= 4 is 29.6 Å². The third kappa shape index (κ3) is 5.93. The molecule has 3 aliphatic heterocycles. The van der Waals surface area contributed by atoms with E-state index >= 15 is 0 Å². The van der Waals surface area contributed by atoms with E-state index in [1.807, 2.05) is 35.1 Å². The van der Waals surface area contributed by atoms with Gasteiger partial charge in [-0.1, -0.05) is 57.0 Å². The van der Waals surface area contributed by atoms with Gasteiger partial charge in [-0.15, -0.1) is 0 Å². The number of nitrogens with zero attached hydrogens (tertiary/aromatic N) is 4. The molecule has 0 spiro atoms. The molecule has 2 fully saturated rings. The molecule has 5 heterocycles. The number of hydrogen-bond donors (Lipinski definition) is 1. The molecule has 0 saturated carbocycles. The summed E-state index contributed by atoms with van der Waals surface area (Å²) < 4.78 is 27.8. The van der Waals surface area contributed by atoms with Crippen LogP contribution < -0.4 is 4.90 Å². The van der Waals surface area contributed by atoms with Crippen molar-refractivity contribution in [3.8, 4) is 11.3 Å². The molecular formula is C35H41ClF2N5+. The lowest BCUT2D eigenvalue weighted by atomic mass is 9.79. The first-order valence-electron chi connectivity index (χ1n) is 15.6. The van der Waals surface area contributed by atoms with Gasteiger partial charge in [-0.3, -0.25) is 4.98 Å². The van der Waals surface area contributed by atoms with Crippen LogP contribution in [0.5, 0.6) is 0 Å². The first kappa shape index (κ1) is 29.7. The molecule has 43 heavy (non-hydrogen) atoms. The van der Waals surface area contributed by atoms with Crippen molar-refractivity contribution in [1.29, 1.82) is 0 Å². The third-order valence-corrected chi connectivity index (χ3v) is 9.68. The second kappa shape index (κ2) is 12.0. The van der Waals surface area contributed by atoms with Gasteiger partial charge in [0.05, 0.1) is 17.8 Å². The molecule has 2 saturated heterocycles. The smallest absolute Gasteiger partial charge is 0.245 e. The van der Waals surface area contributed by atoms with Gasteiger partial charge in [0.2, 0.25) is 18.5 Å². The van der Waals surface area contributed by atoms with E-state index in [1.165, 1.54) is 16.8 Å². The number of allylic oxidation sites excluding steroid dienone is 2. The molecule has 0 amide bonds. The SMILES string of the molecule is CCCc1ncc(CC)c(N2CCC(C)(c3nc(-c4ccc(Cl)cc4)c(C)[nH]3)CC2)c1C=CC1=CC2C(CC(F)F)[N+]2=C1. The van der Waals surface area contributed by atoms with Crippen molar-refractivity contribution < 1.29 is 13.4 Å². The molecular weight excluding hydrogens is 564 g/mol. The number of fused-ring (bicyclic) bond motifs is 1. The fraction of sp³-hybridized carbons (Fsp3) is 0.457. The summed E-state index contributed by atoms with van der Waals surface area (Å²) in [5.41, 5.74) is 9.03. The number of piperidine rings is 1. The lowest BCUT2D eigenvalue weighted by Crippen LogP contribution is -2.42. The molecule has 0 bridgehead atoms. The number of H-pyrrole nitrogens is 1. The lowest BCUT2D eigenvalue weighted by molar-refractivity contribution is -0.368. The molecule has 8 heteroatoms. The molecule has 1 N–H and O–H groups in total. The minimum absolute atomic E-state index is 0.0451. The molecule has 0 radical (unpaired) electrons. The van der Waals surface area contributed by atoms with Gasteiger partial charge in [0, 0.05) is 63.9 Å². The van der Waals surface area contributed by atoms with Gasteiger partial charge in [-0.05, 0) is 56.4 Å². The summed E-state index contributed by atoms with van der Waals surface area (Å²) in [6.45, 7) is 10.7. The van der Waals surface area contributed by atoms with E-state index in [2.05, 4.69) is 62.0 Å². The topological polar surface area (TPSA) is 47.8 Å². The number of alkyl halides is 2. The molecule has 3 aliphatic rings. The highest BCUT2D eigenvalue weighted by molar-refractivity contribution is 6.30. The van der Waals surface area contributed by atoms with Crippen LogP contribution in [0.3, 0.4) is 0 Å². The van der Waals surface area contributed by atoms with Gasteiger partial charge in [0.1, 0.15) is 5.82 Å². The van der Waals surface area contributed by atoms with Gasteiger partial charge in [-0.2, -0.15) is 0 Å². The summed E-state index contributed by atoms with van der Waals surface area (Å²) in [4.78, 5) is 16.2. The summed E-state index contributed by atoms with van der Waals surface area (Å²) in [6.07, 6.45) is 13.1. The second-order valence-corrected chi connectivity index (χ2v) is 12.9. The molecule has 0 aliphatic carbocycles. The Bertz CT molecular complexity index is 1580. The van der Waals surface area contributed by atoms with Gasteiger partial charge < -0.3 is 9.88 Å². The van der Waals surface area contributed by atoms with Gasteiger partial charge in [0.15, 0.2) is 6.21 Å². The Morgan fingerprint density at radius 3 is 2.53 bits per heavy atom. The predicted molar refractivity (Wildman–Crippen MR) is 172 cm³/mol. The average Bonchev–Trinajstić information content (AvgIpc) is 3.28. The third-order valence-electron chi connectivity index (χ3n) is 9.43. The van der Waals surface area contributed by atoms with E-state index in [9.17, 15) is 8.78 Å². The van der Waals surface area contributed by atoms with E-state index < -0.39 is 6.43 Å². The monoisotopic (exact) mass is 604 g/mol. The minimum atomic E-state index is -2.26. The van der Waals surface area contributed by atoms with Gasteiger partial charge in [0.25, 0.3) is 0 Å². The Labute approximate surface area is 258 Å². The lowest BCUT2D eigenvalue weighted by Gasteiger charge is -2.40. The number of benzene rings is 1. The van der Waals surface area contributed by atoms with Crippen LogP contribution in [0.4, 0.5) is 14.5 Å². The molecule has 5 nitrogen and oxygen atoms in total. The van der Waals surface area contributed by atoms with Crippen molar-refractivity contribution in [2.24, 2.45) is 0 Å². The standard InChI is InChI=1S/C35H41ClF2N5/c1-5-7-28-27(13-8-23-18-29-30(19-31(37)38)43(29)21-23)33(24(6-2)20-39-28)42-16-14-35(4,15-17-42)34-40-22(3)32(41-34)25-9-11-26(36)12-10-25/h8-13,18,20-21,29-31H,5-7,14-17,19H2,1-4H3,(H,40,41)/q+1. The number of anilines is 1. The molecule has 226 valence electrons. The fourth-order valence-electron chi connectivity index (χ4n) is 6.77. The number of aromatic amines is 1. The first-order chi connectivity index (χ1) is 20.7. The highest BCUT2D eigenvalue weighted by Crippen LogP contribution is 2.40. The van der Waals surface area contributed by atoms with Crippen molar-refractivity contribution in [3.63, 3.8) is 0 Å². The second-order valence-electron chi connectivity index (χ2n) is 12.5. The summed E-state index contributed by atoms with van der Waals surface area (Å²) in [6, 6.07) is 7.95. The number of aryl methyl sites for hydroxylation is 3. The number of pyridine rings is 1. The Morgan fingerprint density at radius 2 is 1.91 bits per heavy atom. The zero-order valence-electron chi connectivity index (χ0n) is 25.5. The summed E-state index contributed by atoms with van der Waals surface area (Å²) in [7, 11) is 0. The maximum absolute atomic E-state index is 12.9. The Balaban J connectivity index is 1.24. The van der Waals surface area contributed by atoms with E-state index in [0.29, 0.717) is 0 Å². The molecule has 2 unspecified atom stereocenters. The maximum Gasteiger partial charge on any atom is 0.245 e. The van der Waals surface area contributed by atoms with E-state index in [0.717, 1.165) is 84.3 Å². The largest absolute Gasteiger partial charge is 0.371 e. The van der Waals surface area contributed by atoms with Crippen LogP contribution in [0.15, 0.2) is 48.2 Å². The highest BCUT2D eigenvalue weighted by Gasteiger charge is 2.57.